The second-order valence-electron chi connectivity index (χ2n) is 20.2. The summed E-state index contributed by atoms with van der Waals surface area (Å²) in [6, 6.07) is 0. The highest BCUT2D eigenvalue weighted by Crippen LogP contribution is 2.47. The van der Waals surface area contributed by atoms with Crippen molar-refractivity contribution in [3.8, 4) is 0 Å². The standard InChI is InChI=1S/C56H105O13P/c1-3-5-7-9-11-13-15-17-19-21-23-25-27-29-31-33-35-37-39-41-43-45-50(58)68-48(47-67-70(64,65)69-56-54(62)52(60)51(59)53(61)55(56)63)46-66-49(57)44-42-40-38-36-34-32-30-28-26-24-22-20-18-16-14-12-10-8-6-4-2/h15,17,21,23,48,51-56,59-63H,3-14,16,18-20,22,24-47H2,1-2H3,(H,64,65)/b17-15-,23-21-. The molecule has 0 amide bonds. The maximum absolute atomic E-state index is 12.9. The van der Waals surface area contributed by atoms with Gasteiger partial charge >= 0.3 is 19.8 Å². The molecule has 412 valence electrons. The van der Waals surface area contributed by atoms with E-state index in [9.17, 15) is 44.6 Å². The quantitative estimate of drug-likeness (QED) is 0.0145. The summed E-state index contributed by atoms with van der Waals surface area (Å²) in [5.74, 6) is -1.09. The normalized spacial score (nSPS) is 20.9. The van der Waals surface area contributed by atoms with Gasteiger partial charge in [-0.2, -0.15) is 0 Å². The zero-order valence-corrected chi connectivity index (χ0v) is 45.2. The van der Waals surface area contributed by atoms with E-state index < -0.39 is 75.7 Å². The molecule has 0 heterocycles. The van der Waals surface area contributed by atoms with Gasteiger partial charge in [-0.3, -0.25) is 18.6 Å². The van der Waals surface area contributed by atoms with E-state index in [1.165, 1.54) is 167 Å². The van der Waals surface area contributed by atoms with E-state index in [1.807, 2.05) is 0 Å². The highest BCUT2D eigenvalue weighted by Gasteiger charge is 2.51. The number of hydrogen-bond donors (Lipinski definition) is 6. The van der Waals surface area contributed by atoms with Gasteiger partial charge in [0.2, 0.25) is 0 Å². The number of carbonyl (C=O) groups excluding carboxylic acids is 2. The number of aliphatic hydroxyl groups excluding tert-OH is 5. The molecule has 0 aliphatic heterocycles. The van der Waals surface area contributed by atoms with Crippen molar-refractivity contribution in [3.63, 3.8) is 0 Å². The fourth-order valence-electron chi connectivity index (χ4n) is 8.97. The number of esters is 2. The summed E-state index contributed by atoms with van der Waals surface area (Å²) in [7, 11) is -5.12. The van der Waals surface area contributed by atoms with Crippen LogP contribution < -0.4 is 0 Å². The molecular formula is C56H105O13P. The summed E-state index contributed by atoms with van der Waals surface area (Å²) < 4.78 is 33.7. The summed E-state index contributed by atoms with van der Waals surface area (Å²) in [5.41, 5.74) is 0. The first-order valence-corrected chi connectivity index (χ1v) is 30.1. The first kappa shape index (κ1) is 66.3. The number of rotatable bonds is 49. The Labute approximate surface area is 426 Å². The zero-order chi connectivity index (χ0) is 51.3. The Balaban J connectivity index is 2.34. The number of unbranched alkanes of at least 4 members (excludes halogenated alkanes) is 33. The van der Waals surface area contributed by atoms with Crippen LogP contribution in [-0.4, -0.2) is 98.3 Å². The molecule has 6 atom stereocenters. The van der Waals surface area contributed by atoms with E-state index in [1.54, 1.807) is 0 Å². The molecule has 1 aliphatic carbocycles. The second-order valence-corrected chi connectivity index (χ2v) is 21.6. The number of ether oxygens (including phenoxy) is 2. The number of phosphoric acid groups is 1. The Morgan fingerprint density at radius 1 is 0.443 bits per heavy atom. The highest BCUT2D eigenvalue weighted by molar-refractivity contribution is 7.47. The third kappa shape index (κ3) is 37.1. The van der Waals surface area contributed by atoms with Gasteiger partial charge in [-0.25, -0.2) is 4.57 Å². The van der Waals surface area contributed by atoms with Crippen LogP contribution in [0.1, 0.15) is 264 Å². The van der Waals surface area contributed by atoms with E-state index in [-0.39, 0.29) is 12.8 Å². The van der Waals surface area contributed by atoms with Crippen molar-refractivity contribution in [3.05, 3.63) is 24.3 Å². The number of aliphatic hydroxyl groups is 5. The van der Waals surface area contributed by atoms with E-state index in [0.717, 1.165) is 57.8 Å². The molecule has 13 nitrogen and oxygen atoms in total. The first-order chi connectivity index (χ1) is 33.9. The molecule has 0 aromatic carbocycles. The van der Waals surface area contributed by atoms with Crippen LogP contribution in [0.5, 0.6) is 0 Å². The van der Waals surface area contributed by atoms with Gasteiger partial charge in [-0.15, -0.1) is 0 Å². The lowest BCUT2D eigenvalue weighted by Crippen LogP contribution is -2.64. The van der Waals surface area contributed by atoms with Gasteiger partial charge in [0.05, 0.1) is 6.61 Å². The summed E-state index contributed by atoms with van der Waals surface area (Å²) in [5, 5.41) is 50.4. The van der Waals surface area contributed by atoms with E-state index in [4.69, 9.17) is 18.5 Å². The van der Waals surface area contributed by atoms with E-state index in [2.05, 4.69) is 38.2 Å². The minimum absolute atomic E-state index is 0.0953. The maximum Gasteiger partial charge on any atom is 0.472 e. The predicted octanol–water partition coefficient (Wildman–Crippen LogP) is 13.1. The molecular weight excluding hydrogens is 912 g/mol. The molecule has 1 aliphatic rings. The van der Waals surface area contributed by atoms with Gasteiger partial charge in [0.25, 0.3) is 0 Å². The smallest absolute Gasteiger partial charge is 0.462 e. The van der Waals surface area contributed by atoms with Crippen molar-refractivity contribution >= 4 is 19.8 Å². The number of carbonyl (C=O) groups is 2. The first-order valence-electron chi connectivity index (χ1n) is 28.6. The molecule has 0 aromatic rings. The SMILES string of the molecule is CCCCCCC/C=C\C/C=C\CCCCCCCCCCCC(=O)OC(COC(=O)CCCCCCCCCCCCCCCCCCCCCC)COP(=O)(O)OC1C(O)C(O)C(O)C(O)C1O. The lowest BCUT2D eigenvalue weighted by molar-refractivity contribution is -0.220. The van der Waals surface area contributed by atoms with Crippen LogP contribution in [-0.2, 0) is 32.7 Å². The number of hydrogen-bond acceptors (Lipinski definition) is 12. The minimum atomic E-state index is -5.12. The van der Waals surface area contributed by atoms with Crippen molar-refractivity contribution in [1.82, 2.24) is 0 Å². The van der Waals surface area contributed by atoms with Crippen molar-refractivity contribution < 1.29 is 63.1 Å². The largest absolute Gasteiger partial charge is 0.472 e. The third-order valence-corrected chi connectivity index (χ3v) is 14.5. The fraction of sp³-hybridized carbons (Fsp3) is 0.893. The van der Waals surface area contributed by atoms with Crippen LogP contribution in [0.3, 0.4) is 0 Å². The lowest BCUT2D eigenvalue weighted by Gasteiger charge is -2.41. The molecule has 14 heteroatoms. The van der Waals surface area contributed by atoms with Gasteiger partial charge in [0.1, 0.15) is 43.2 Å². The molecule has 6 N–H and O–H groups in total. The molecule has 1 fully saturated rings. The van der Waals surface area contributed by atoms with Gasteiger partial charge in [0, 0.05) is 12.8 Å². The number of phosphoric ester groups is 1. The van der Waals surface area contributed by atoms with Crippen LogP contribution in [0.4, 0.5) is 0 Å². The van der Waals surface area contributed by atoms with Gasteiger partial charge in [-0.05, 0) is 44.9 Å². The van der Waals surface area contributed by atoms with Crippen LogP contribution in [0.25, 0.3) is 0 Å². The molecule has 1 saturated carbocycles. The Morgan fingerprint density at radius 3 is 1.16 bits per heavy atom. The Morgan fingerprint density at radius 2 is 0.771 bits per heavy atom. The summed E-state index contributed by atoms with van der Waals surface area (Å²) >= 11 is 0. The summed E-state index contributed by atoms with van der Waals surface area (Å²) in [6.45, 7) is 3.35. The number of allylic oxidation sites excluding steroid dienone is 4. The molecule has 0 bridgehead atoms. The van der Waals surface area contributed by atoms with Crippen molar-refractivity contribution in [2.45, 2.75) is 307 Å². The average Bonchev–Trinajstić information content (AvgIpc) is 3.34. The van der Waals surface area contributed by atoms with Crippen LogP contribution >= 0.6 is 7.82 Å². The van der Waals surface area contributed by atoms with Crippen LogP contribution in [0.2, 0.25) is 0 Å². The van der Waals surface area contributed by atoms with E-state index >= 15 is 0 Å². The Hall–Kier alpha value is -1.67. The molecule has 0 spiro atoms. The maximum atomic E-state index is 12.9. The monoisotopic (exact) mass is 1020 g/mol. The van der Waals surface area contributed by atoms with Crippen molar-refractivity contribution in [2.75, 3.05) is 13.2 Å². The Bertz CT molecular complexity index is 1310. The minimum Gasteiger partial charge on any atom is -0.462 e. The summed E-state index contributed by atoms with van der Waals surface area (Å²) in [4.78, 5) is 36.0. The molecule has 0 aromatic heterocycles. The average molecular weight is 1020 g/mol. The van der Waals surface area contributed by atoms with Gasteiger partial charge in [0.15, 0.2) is 6.10 Å². The topological polar surface area (TPSA) is 210 Å². The fourth-order valence-corrected chi connectivity index (χ4v) is 9.94. The van der Waals surface area contributed by atoms with Crippen molar-refractivity contribution in [1.29, 1.82) is 0 Å². The van der Waals surface area contributed by atoms with Crippen molar-refractivity contribution in [2.24, 2.45) is 0 Å². The molecule has 70 heavy (non-hydrogen) atoms. The Kier molecular flexibility index (Phi) is 43.5. The van der Waals surface area contributed by atoms with Gasteiger partial charge < -0.3 is 39.9 Å². The molecule has 0 radical (unpaired) electrons. The predicted molar refractivity (Wildman–Crippen MR) is 281 cm³/mol. The summed E-state index contributed by atoms with van der Waals surface area (Å²) in [6.07, 6.45) is 40.8. The van der Waals surface area contributed by atoms with Crippen LogP contribution in [0.15, 0.2) is 24.3 Å². The highest BCUT2D eigenvalue weighted by atomic mass is 31.2. The van der Waals surface area contributed by atoms with E-state index in [0.29, 0.717) is 12.8 Å². The zero-order valence-electron chi connectivity index (χ0n) is 44.3. The second kappa shape index (κ2) is 45.9. The molecule has 6 unspecified atom stereocenters. The molecule has 1 rings (SSSR count). The molecule has 0 saturated heterocycles. The lowest BCUT2D eigenvalue weighted by atomic mass is 9.85. The van der Waals surface area contributed by atoms with Gasteiger partial charge in [-0.1, -0.05) is 231 Å². The third-order valence-electron chi connectivity index (χ3n) is 13.5. The van der Waals surface area contributed by atoms with Crippen LogP contribution in [0, 0.1) is 0 Å².